The number of aromatic nitrogens is 1. The van der Waals surface area contributed by atoms with Crippen molar-refractivity contribution in [3.8, 4) is 5.75 Å². The number of carbonyl (C=O) groups is 2. The molecule has 1 aliphatic carbocycles. The molecule has 1 N–H and O–H groups in total. The first-order valence-corrected chi connectivity index (χ1v) is 17.5. The number of nitrogens with one attached hydrogen (secondary N) is 1. The predicted octanol–water partition coefficient (Wildman–Crippen LogP) is 5.11. The molecule has 1 aromatic heterocycles. The van der Waals surface area contributed by atoms with Crippen LogP contribution in [0.2, 0.25) is 5.02 Å². The molecule has 1 saturated heterocycles. The number of ether oxygens (including phenoxy) is 1. The molecule has 6 rings (SSSR count). The lowest BCUT2D eigenvalue weighted by Crippen LogP contribution is -2.56. The Bertz CT molecular complexity index is 1830. The van der Waals surface area contributed by atoms with Gasteiger partial charge in [-0.3, -0.25) is 14.1 Å². The summed E-state index contributed by atoms with van der Waals surface area (Å²) in [7, 11) is -3.47. The van der Waals surface area contributed by atoms with E-state index in [4.69, 9.17) is 16.3 Å². The Morgan fingerprint density at radius 2 is 1.74 bits per heavy atom. The topological polar surface area (TPSA) is 112 Å². The van der Waals surface area contributed by atoms with Gasteiger partial charge in [-0.15, -0.1) is 0 Å². The maximum absolute atomic E-state index is 13.9. The second-order valence-electron chi connectivity index (χ2n) is 11.8. The number of rotatable bonds is 10. The molecule has 2 amide bonds. The molecule has 0 spiro atoms. The maximum Gasteiger partial charge on any atom is 0.413 e. The van der Waals surface area contributed by atoms with E-state index in [1.54, 1.807) is 47.5 Å². The van der Waals surface area contributed by atoms with Crippen LogP contribution in [0.1, 0.15) is 18.4 Å². The number of anilines is 2. The maximum atomic E-state index is 13.9. The molecule has 10 nitrogen and oxygen atoms in total. The number of amides is 2. The van der Waals surface area contributed by atoms with Crippen LogP contribution in [0, 0.1) is 5.92 Å². The van der Waals surface area contributed by atoms with Crippen molar-refractivity contribution < 1.29 is 22.7 Å². The molecule has 4 aromatic rings. The van der Waals surface area contributed by atoms with Crippen molar-refractivity contribution in [3.63, 3.8) is 0 Å². The molecule has 240 valence electrons. The monoisotopic (exact) mass is 661 g/mol. The van der Waals surface area contributed by atoms with E-state index in [-0.39, 0.29) is 12.3 Å². The summed E-state index contributed by atoms with van der Waals surface area (Å²) in [6, 6.07) is 22.7. The Labute approximate surface area is 274 Å². The van der Waals surface area contributed by atoms with Crippen LogP contribution in [-0.4, -0.2) is 75.3 Å². The third-order valence-electron chi connectivity index (χ3n) is 8.33. The van der Waals surface area contributed by atoms with Crippen LogP contribution in [0.5, 0.6) is 5.75 Å². The molecule has 0 bridgehead atoms. The Balaban J connectivity index is 1.16. The van der Waals surface area contributed by atoms with Crippen molar-refractivity contribution in [3.05, 3.63) is 95.6 Å². The molecule has 1 aliphatic heterocycles. The molecule has 46 heavy (non-hydrogen) atoms. The third-order valence-corrected chi connectivity index (χ3v) is 9.73. The Kier molecular flexibility index (Phi) is 9.32. The summed E-state index contributed by atoms with van der Waals surface area (Å²) < 4.78 is 32.7. The summed E-state index contributed by atoms with van der Waals surface area (Å²) in [5, 5.41) is 4.20. The van der Waals surface area contributed by atoms with Crippen LogP contribution in [0.15, 0.2) is 85.1 Å². The number of fused-ring (bicyclic) bond motifs is 1. The SMILES string of the molecule is CS(=O)(=O)N(CC1CC1)c1ccccc1N1CCN(C(=O)C(Cc2ccc(Cl)cc2)NC(=O)Oc2ccc3ncccc3c2)CC1. The van der Waals surface area contributed by atoms with Gasteiger partial charge in [0.05, 0.1) is 23.1 Å². The van der Waals surface area contributed by atoms with Gasteiger partial charge in [-0.05, 0) is 72.9 Å². The highest BCUT2D eigenvalue weighted by molar-refractivity contribution is 7.92. The summed E-state index contributed by atoms with van der Waals surface area (Å²) in [4.78, 5) is 35.2. The van der Waals surface area contributed by atoms with Gasteiger partial charge in [-0.2, -0.15) is 0 Å². The third kappa shape index (κ3) is 7.71. The number of piperazine rings is 1. The highest BCUT2D eigenvalue weighted by Crippen LogP contribution is 2.37. The quantitative estimate of drug-likeness (QED) is 0.251. The van der Waals surface area contributed by atoms with Gasteiger partial charge < -0.3 is 19.9 Å². The largest absolute Gasteiger partial charge is 0.413 e. The van der Waals surface area contributed by atoms with E-state index in [1.165, 1.54) is 10.6 Å². The normalized spacial score (nSPS) is 15.8. The number of benzene rings is 3. The minimum atomic E-state index is -3.47. The van der Waals surface area contributed by atoms with Crippen molar-refractivity contribution in [2.75, 3.05) is 48.2 Å². The molecular formula is C34H36ClN5O5S. The number of para-hydroxylation sites is 2. The smallest absolute Gasteiger partial charge is 0.410 e. The van der Waals surface area contributed by atoms with E-state index in [0.29, 0.717) is 55.1 Å². The van der Waals surface area contributed by atoms with Crippen LogP contribution >= 0.6 is 11.6 Å². The zero-order chi connectivity index (χ0) is 32.3. The highest BCUT2D eigenvalue weighted by atomic mass is 35.5. The minimum Gasteiger partial charge on any atom is -0.410 e. The number of halogens is 1. The number of hydrogen-bond donors (Lipinski definition) is 1. The Morgan fingerprint density at radius 1 is 1.00 bits per heavy atom. The van der Waals surface area contributed by atoms with Crippen LogP contribution in [0.4, 0.5) is 16.2 Å². The summed E-state index contributed by atoms with van der Waals surface area (Å²) >= 11 is 6.09. The molecule has 1 unspecified atom stereocenters. The molecular weight excluding hydrogens is 626 g/mol. The lowest BCUT2D eigenvalue weighted by atomic mass is 10.0. The second-order valence-corrected chi connectivity index (χ2v) is 14.2. The van der Waals surface area contributed by atoms with Gasteiger partial charge in [0.1, 0.15) is 11.8 Å². The van der Waals surface area contributed by atoms with E-state index in [0.717, 1.165) is 35.0 Å². The summed E-state index contributed by atoms with van der Waals surface area (Å²) in [5.41, 5.74) is 3.10. The van der Waals surface area contributed by atoms with E-state index in [9.17, 15) is 18.0 Å². The van der Waals surface area contributed by atoms with Gasteiger partial charge in [0.25, 0.3) is 0 Å². The molecule has 3 aromatic carbocycles. The zero-order valence-electron chi connectivity index (χ0n) is 25.5. The first-order valence-electron chi connectivity index (χ1n) is 15.3. The fourth-order valence-electron chi connectivity index (χ4n) is 5.73. The average molecular weight is 662 g/mol. The summed E-state index contributed by atoms with van der Waals surface area (Å²) in [6.45, 7) is 2.29. The first-order chi connectivity index (χ1) is 22.1. The lowest BCUT2D eigenvalue weighted by molar-refractivity contribution is -0.133. The number of sulfonamides is 1. The summed E-state index contributed by atoms with van der Waals surface area (Å²) in [6.07, 6.45) is 4.53. The fourth-order valence-corrected chi connectivity index (χ4v) is 6.85. The van der Waals surface area contributed by atoms with Crippen molar-refractivity contribution in [2.24, 2.45) is 5.92 Å². The Hall–Kier alpha value is -4.35. The average Bonchev–Trinajstić information content (AvgIpc) is 3.88. The Morgan fingerprint density at radius 3 is 2.46 bits per heavy atom. The molecule has 1 saturated carbocycles. The highest BCUT2D eigenvalue weighted by Gasteiger charge is 2.33. The van der Waals surface area contributed by atoms with Crippen molar-refractivity contribution >= 4 is 55.9 Å². The van der Waals surface area contributed by atoms with Crippen LogP contribution in [0.3, 0.4) is 0 Å². The van der Waals surface area contributed by atoms with Crippen LogP contribution < -0.4 is 19.3 Å². The van der Waals surface area contributed by atoms with Gasteiger partial charge >= 0.3 is 6.09 Å². The van der Waals surface area contributed by atoms with E-state index >= 15 is 0 Å². The molecule has 0 radical (unpaired) electrons. The number of nitrogens with zero attached hydrogens (tertiary/aromatic N) is 4. The van der Waals surface area contributed by atoms with Crippen molar-refractivity contribution in [1.29, 1.82) is 0 Å². The van der Waals surface area contributed by atoms with Crippen molar-refractivity contribution in [1.82, 2.24) is 15.2 Å². The minimum absolute atomic E-state index is 0.228. The zero-order valence-corrected chi connectivity index (χ0v) is 27.1. The van der Waals surface area contributed by atoms with E-state index in [2.05, 4.69) is 15.2 Å². The van der Waals surface area contributed by atoms with Crippen LogP contribution in [0.25, 0.3) is 10.9 Å². The van der Waals surface area contributed by atoms with Gasteiger partial charge in [0, 0.05) is 55.8 Å². The number of hydrogen-bond acceptors (Lipinski definition) is 7. The molecule has 2 aliphatic rings. The van der Waals surface area contributed by atoms with Gasteiger partial charge in [-0.1, -0.05) is 41.9 Å². The van der Waals surface area contributed by atoms with Crippen LogP contribution in [-0.2, 0) is 21.2 Å². The fraction of sp³-hybridized carbons (Fsp3) is 0.324. The van der Waals surface area contributed by atoms with Crippen molar-refractivity contribution in [2.45, 2.75) is 25.3 Å². The molecule has 2 fully saturated rings. The van der Waals surface area contributed by atoms with Gasteiger partial charge in [0.15, 0.2) is 0 Å². The van der Waals surface area contributed by atoms with E-state index in [1.807, 2.05) is 42.5 Å². The second kappa shape index (κ2) is 13.6. The summed E-state index contributed by atoms with van der Waals surface area (Å²) in [5.74, 6) is 0.495. The number of pyridine rings is 1. The molecule has 2 heterocycles. The van der Waals surface area contributed by atoms with Gasteiger partial charge in [-0.25, -0.2) is 13.2 Å². The molecule has 12 heteroatoms. The molecule has 1 atom stereocenters. The number of carbonyl (C=O) groups excluding carboxylic acids is 2. The first kappa shape index (κ1) is 31.6. The lowest BCUT2D eigenvalue weighted by Gasteiger charge is -2.39. The predicted molar refractivity (Wildman–Crippen MR) is 180 cm³/mol. The van der Waals surface area contributed by atoms with E-state index < -0.39 is 22.2 Å². The van der Waals surface area contributed by atoms with Gasteiger partial charge in [0.2, 0.25) is 15.9 Å². The standard InChI is InChI=1S/C34H36ClN5O5S/c1-46(43,44)40(23-25-8-9-25)32-7-3-2-6-31(32)38-17-19-39(20-18-38)33(41)30(21-24-10-12-27(35)13-11-24)37-34(42)45-28-14-15-29-26(22-28)5-4-16-36-29/h2-7,10-16,22,25,30H,8-9,17-21,23H2,1H3,(H,37,42).